The average Bonchev–Trinajstić information content (AvgIpc) is 2.99. The van der Waals surface area contributed by atoms with Crippen molar-refractivity contribution in [3.63, 3.8) is 0 Å². The van der Waals surface area contributed by atoms with E-state index in [1.54, 1.807) is 6.08 Å². The van der Waals surface area contributed by atoms with Crippen molar-refractivity contribution in [3.05, 3.63) is 54.1 Å². The first-order valence-electron chi connectivity index (χ1n) is 10.5. The molecule has 178 valence electrons. The lowest BCUT2D eigenvalue weighted by Gasteiger charge is -2.19. The molecule has 0 bridgehead atoms. The van der Waals surface area contributed by atoms with E-state index >= 15 is 0 Å². The fourth-order valence-electron chi connectivity index (χ4n) is 3.70. The number of carboxylic acid groups (broad SMARTS) is 1. The van der Waals surface area contributed by atoms with Gasteiger partial charge < -0.3 is 25.2 Å². The Kier molecular flexibility index (Phi) is 9.74. The molecule has 1 aromatic rings. The molecule has 0 saturated heterocycles. The van der Waals surface area contributed by atoms with Crippen molar-refractivity contribution in [2.24, 2.45) is 11.8 Å². The second-order valence-electron chi connectivity index (χ2n) is 7.89. The zero-order valence-corrected chi connectivity index (χ0v) is 17.5. The monoisotopic (exact) mass is 458 g/mol. The van der Waals surface area contributed by atoms with Crippen LogP contribution in [0, 0.1) is 11.8 Å². The molecule has 2 rings (SSSR count). The van der Waals surface area contributed by atoms with Crippen LogP contribution in [0.15, 0.2) is 48.6 Å². The van der Waals surface area contributed by atoms with Crippen molar-refractivity contribution in [1.82, 2.24) is 0 Å². The Labute approximate surface area is 184 Å². The van der Waals surface area contributed by atoms with E-state index in [1.807, 2.05) is 12.2 Å². The molecule has 1 aromatic carbocycles. The summed E-state index contributed by atoms with van der Waals surface area (Å²) in [7, 11) is 0. The molecule has 5 atom stereocenters. The van der Waals surface area contributed by atoms with E-state index in [0.29, 0.717) is 19.3 Å². The van der Waals surface area contributed by atoms with Gasteiger partial charge in [0, 0.05) is 18.8 Å². The molecule has 1 fully saturated rings. The lowest BCUT2D eigenvalue weighted by molar-refractivity contribution is -0.138. The van der Waals surface area contributed by atoms with Gasteiger partial charge in [0.25, 0.3) is 0 Å². The van der Waals surface area contributed by atoms with Gasteiger partial charge >= 0.3 is 12.1 Å². The number of aliphatic hydroxyl groups is 3. The Hall–Kier alpha value is -2.36. The second-order valence-corrected chi connectivity index (χ2v) is 7.89. The highest BCUT2D eigenvalue weighted by Gasteiger charge is 2.39. The Morgan fingerprint density at radius 3 is 2.66 bits per heavy atom. The van der Waals surface area contributed by atoms with Crippen LogP contribution in [-0.2, 0) is 11.0 Å². The molecule has 6 nitrogen and oxygen atoms in total. The molecule has 0 radical (unpaired) electrons. The number of carboxylic acids is 1. The van der Waals surface area contributed by atoms with Crippen LogP contribution in [0.3, 0.4) is 0 Å². The molecule has 32 heavy (non-hydrogen) atoms. The summed E-state index contributed by atoms with van der Waals surface area (Å²) in [6, 6.07) is 4.36. The summed E-state index contributed by atoms with van der Waals surface area (Å²) in [6.45, 7) is -0.267. The summed E-state index contributed by atoms with van der Waals surface area (Å²) in [6.07, 6.45) is 1.48. The van der Waals surface area contributed by atoms with Crippen molar-refractivity contribution < 1.29 is 43.1 Å². The smallest absolute Gasteiger partial charge is 0.416 e. The van der Waals surface area contributed by atoms with Gasteiger partial charge in [-0.3, -0.25) is 4.79 Å². The van der Waals surface area contributed by atoms with Crippen LogP contribution in [0.5, 0.6) is 5.75 Å². The van der Waals surface area contributed by atoms with E-state index in [0.717, 1.165) is 12.1 Å². The zero-order chi connectivity index (χ0) is 23.7. The van der Waals surface area contributed by atoms with Gasteiger partial charge in [-0.05, 0) is 43.4 Å². The first-order chi connectivity index (χ1) is 15.1. The van der Waals surface area contributed by atoms with Crippen LogP contribution in [0.25, 0.3) is 0 Å². The molecule has 0 spiro atoms. The van der Waals surface area contributed by atoms with E-state index in [1.165, 1.54) is 18.2 Å². The van der Waals surface area contributed by atoms with Crippen molar-refractivity contribution >= 4 is 5.97 Å². The van der Waals surface area contributed by atoms with Crippen molar-refractivity contribution in [2.75, 3.05) is 6.61 Å². The number of carbonyl (C=O) groups is 1. The van der Waals surface area contributed by atoms with Crippen LogP contribution >= 0.6 is 0 Å². The molecule has 1 saturated carbocycles. The van der Waals surface area contributed by atoms with E-state index in [9.17, 15) is 33.3 Å². The van der Waals surface area contributed by atoms with Gasteiger partial charge in [0.05, 0.1) is 17.8 Å². The molecule has 4 N–H and O–H groups in total. The molecule has 0 heterocycles. The minimum absolute atomic E-state index is 0.0190. The number of allylic oxidation sites excluding steroid dienone is 2. The molecule has 9 heteroatoms. The molecule has 0 unspecified atom stereocenters. The number of aliphatic carboxylic acids is 1. The summed E-state index contributed by atoms with van der Waals surface area (Å²) >= 11 is 0. The maximum Gasteiger partial charge on any atom is 0.416 e. The van der Waals surface area contributed by atoms with Gasteiger partial charge in [-0.1, -0.05) is 30.4 Å². The zero-order valence-electron chi connectivity index (χ0n) is 17.5. The Morgan fingerprint density at radius 2 is 1.97 bits per heavy atom. The van der Waals surface area contributed by atoms with Crippen molar-refractivity contribution in [3.8, 4) is 5.75 Å². The fraction of sp³-hybridized carbons (Fsp3) is 0.522. The number of hydrogen-bond acceptors (Lipinski definition) is 5. The van der Waals surface area contributed by atoms with Crippen LogP contribution in [-0.4, -0.2) is 51.3 Å². The largest absolute Gasteiger partial charge is 0.491 e. The van der Waals surface area contributed by atoms with Gasteiger partial charge in [0.15, 0.2) is 0 Å². The third kappa shape index (κ3) is 8.29. The number of benzene rings is 1. The third-order valence-electron chi connectivity index (χ3n) is 5.39. The van der Waals surface area contributed by atoms with Gasteiger partial charge in [-0.25, -0.2) is 0 Å². The van der Waals surface area contributed by atoms with Crippen molar-refractivity contribution in [1.29, 1.82) is 0 Å². The maximum atomic E-state index is 12.8. The highest BCUT2D eigenvalue weighted by atomic mass is 19.4. The van der Waals surface area contributed by atoms with E-state index in [4.69, 9.17) is 9.84 Å². The molecule has 0 amide bonds. The summed E-state index contributed by atoms with van der Waals surface area (Å²) in [5, 5.41) is 39.2. The van der Waals surface area contributed by atoms with Gasteiger partial charge in [0.1, 0.15) is 18.5 Å². The Morgan fingerprint density at radius 1 is 1.22 bits per heavy atom. The molecule has 0 aliphatic heterocycles. The van der Waals surface area contributed by atoms with E-state index in [-0.39, 0.29) is 31.1 Å². The van der Waals surface area contributed by atoms with Crippen LogP contribution in [0.2, 0.25) is 0 Å². The normalized spacial score (nSPS) is 24.9. The van der Waals surface area contributed by atoms with E-state index < -0.39 is 41.9 Å². The van der Waals surface area contributed by atoms with Crippen LogP contribution < -0.4 is 4.74 Å². The Balaban J connectivity index is 1.87. The first-order valence-corrected chi connectivity index (χ1v) is 10.5. The molecule has 1 aliphatic carbocycles. The lowest BCUT2D eigenvalue weighted by atomic mass is 9.89. The number of rotatable bonds is 11. The van der Waals surface area contributed by atoms with E-state index in [2.05, 4.69) is 0 Å². The van der Waals surface area contributed by atoms with Crippen LogP contribution in [0.4, 0.5) is 13.2 Å². The maximum absolute atomic E-state index is 12.8. The number of hydrogen-bond donors (Lipinski definition) is 4. The number of halogens is 3. The number of ether oxygens (including phenoxy) is 1. The minimum Gasteiger partial charge on any atom is -0.491 e. The average molecular weight is 458 g/mol. The van der Waals surface area contributed by atoms with Crippen LogP contribution in [0.1, 0.15) is 37.7 Å². The van der Waals surface area contributed by atoms with Gasteiger partial charge in [0.2, 0.25) is 0 Å². The summed E-state index contributed by atoms with van der Waals surface area (Å²) in [5.74, 6) is -1.55. The summed E-state index contributed by atoms with van der Waals surface area (Å²) in [5.41, 5.74) is -0.845. The summed E-state index contributed by atoms with van der Waals surface area (Å²) < 4.78 is 43.5. The van der Waals surface area contributed by atoms with Gasteiger partial charge in [-0.2, -0.15) is 13.2 Å². The minimum atomic E-state index is -4.49. The number of unbranched alkanes of at least 4 members (excludes halogenated alkanes) is 1. The standard InChI is InChI=1S/C23H29F3O6/c24-23(25,26)15-6-5-7-17(12-15)32-14-16(27)10-11-19-18(20(28)13-21(19)29)8-3-1-2-4-9-22(30)31/h1,3,5-7,10-12,16,18-21,27-29H,2,4,8-9,13-14H2,(H,30,31)/b3-1+,11-10+/t16-,18-,19+,20+,21-/m0/s1. The quantitative estimate of drug-likeness (QED) is 0.298. The fourth-order valence-corrected chi connectivity index (χ4v) is 3.70. The molecule has 1 aliphatic rings. The number of alkyl halides is 3. The van der Waals surface area contributed by atoms with Crippen molar-refractivity contribution in [2.45, 2.75) is 56.6 Å². The second kappa shape index (κ2) is 12.0. The highest BCUT2D eigenvalue weighted by molar-refractivity contribution is 5.66. The highest BCUT2D eigenvalue weighted by Crippen LogP contribution is 2.36. The number of aliphatic hydroxyl groups excluding tert-OH is 3. The SMILES string of the molecule is O=C(O)CCC/C=C/C[C@H]1[C@@H](/C=C/[C@H](O)COc2cccc(C(F)(F)F)c2)[C@@H](O)C[C@H]1O. The first kappa shape index (κ1) is 25.9. The molecular weight excluding hydrogens is 429 g/mol. The van der Waals surface area contributed by atoms with Gasteiger partial charge in [-0.15, -0.1) is 0 Å². The predicted octanol–water partition coefficient (Wildman–Crippen LogP) is 3.56. The lowest BCUT2D eigenvalue weighted by Crippen LogP contribution is -2.21. The topological polar surface area (TPSA) is 107 Å². The predicted molar refractivity (Wildman–Crippen MR) is 111 cm³/mol. The summed E-state index contributed by atoms with van der Waals surface area (Å²) in [4.78, 5) is 10.5. The third-order valence-corrected chi connectivity index (χ3v) is 5.39. The Bertz CT molecular complexity index is 792. The molecular formula is C23H29F3O6. The molecule has 0 aromatic heterocycles.